The fraction of sp³-hybridized carbons (Fsp3) is 0.462. The van der Waals surface area contributed by atoms with Crippen LogP contribution < -0.4 is 4.90 Å². The van der Waals surface area contributed by atoms with E-state index in [1.165, 1.54) is 0 Å². The molecule has 0 amide bonds. The minimum Gasteiger partial charge on any atom is -0.478 e. The lowest BCUT2D eigenvalue weighted by Crippen LogP contribution is -2.42. The first-order valence-corrected chi connectivity index (χ1v) is 5.91. The molecule has 1 aromatic carbocycles. The second-order valence-electron chi connectivity index (χ2n) is 4.17. The van der Waals surface area contributed by atoms with Crippen molar-refractivity contribution in [3.05, 3.63) is 29.8 Å². The van der Waals surface area contributed by atoms with Crippen LogP contribution >= 0.6 is 0 Å². The molecular formula is C13H17NO3. The van der Waals surface area contributed by atoms with E-state index < -0.39 is 5.97 Å². The van der Waals surface area contributed by atoms with Gasteiger partial charge in [-0.1, -0.05) is 19.1 Å². The molecule has 1 aliphatic heterocycles. The van der Waals surface area contributed by atoms with Crippen LogP contribution in [0, 0.1) is 0 Å². The molecule has 0 aliphatic carbocycles. The average molecular weight is 235 g/mol. The van der Waals surface area contributed by atoms with Gasteiger partial charge in [-0.25, -0.2) is 4.79 Å². The number of nitrogens with zero attached hydrogens (tertiary/aromatic N) is 1. The monoisotopic (exact) mass is 235 g/mol. The SMILES string of the molecule is CCC1CN(c2ccccc2C(=O)O)CCO1. The van der Waals surface area contributed by atoms with Crippen molar-refractivity contribution in [2.45, 2.75) is 19.4 Å². The fourth-order valence-corrected chi connectivity index (χ4v) is 2.12. The Morgan fingerprint density at radius 1 is 1.53 bits per heavy atom. The Morgan fingerprint density at radius 2 is 2.29 bits per heavy atom. The summed E-state index contributed by atoms with van der Waals surface area (Å²) in [5.41, 5.74) is 1.16. The summed E-state index contributed by atoms with van der Waals surface area (Å²) in [4.78, 5) is 13.3. The van der Waals surface area contributed by atoms with Gasteiger partial charge in [0.1, 0.15) is 0 Å². The number of hydrogen-bond acceptors (Lipinski definition) is 3. The lowest BCUT2D eigenvalue weighted by atomic mass is 10.1. The van der Waals surface area contributed by atoms with E-state index in [-0.39, 0.29) is 6.10 Å². The van der Waals surface area contributed by atoms with Crippen LogP contribution in [0.4, 0.5) is 5.69 Å². The summed E-state index contributed by atoms with van der Waals surface area (Å²) < 4.78 is 5.59. The van der Waals surface area contributed by atoms with Crippen molar-refractivity contribution in [2.24, 2.45) is 0 Å². The number of carbonyl (C=O) groups is 1. The second-order valence-corrected chi connectivity index (χ2v) is 4.17. The third-order valence-electron chi connectivity index (χ3n) is 3.07. The van der Waals surface area contributed by atoms with E-state index in [4.69, 9.17) is 9.84 Å². The molecule has 1 N–H and O–H groups in total. The van der Waals surface area contributed by atoms with Gasteiger partial charge in [0.15, 0.2) is 0 Å². The molecule has 1 aliphatic rings. The highest BCUT2D eigenvalue weighted by atomic mass is 16.5. The molecule has 4 heteroatoms. The summed E-state index contributed by atoms with van der Waals surface area (Å²) >= 11 is 0. The molecule has 1 atom stereocenters. The molecule has 0 radical (unpaired) electrons. The Kier molecular flexibility index (Phi) is 3.64. The molecule has 17 heavy (non-hydrogen) atoms. The molecule has 1 saturated heterocycles. The third-order valence-corrected chi connectivity index (χ3v) is 3.07. The molecule has 4 nitrogen and oxygen atoms in total. The van der Waals surface area contributed by atoms with E-state index in [0.29, 0.717) is 12.2 Å². The van der Waals surface area contributed by atoms with Crippen LogP contribution in [0.1, 0.15) is 23.7 Å². The number of ether oxygens (including phenoxy) is 1. The van der Waals surface area contributed by atoms with Crippen molar-refractivity contribution < 1.29 is 14.6 Å². The summed E-state index contributed by atoms with van der Waals surface area (Å²) in [5.74, 6) is -0.875. The maximum atomic E-state index is 11.2. The quantitative estimate of drug-likeness (QED) is 0.870. The Hall–Kier alpha value is -1.55. The predicted molar refractivity (Wildman–Crippen MR) is 65.6 cm³/mol. The van der Waals surface area contributed by atoms with Crippen molar-refractivity contribution in [3.8, 4) is 0 Å². The number of carboxylic acids is 1. The van der Waals surface area contributed by atoms with E-state index in [9.17, 15) is 4.79 Å². The van der Waals surface area contributed by atoms with Gasteiger partial charge in [-0.05, 0) is 18.6 Å². The maximum absolute atomic E-state index is 11.2. The zero-order chi connectivity index (χ0) is 12.3. The summed E-state index contributed by atoms with van der Waals surface area (Å²) in [6, 6.07) is 7.14. The van der Waals surface area contributed by atoms with E-state index in [2.05, 4.69) is 11.8 Å². The molecule has 2 rings (SSSR count). The molecule has 0 spiro atoms. The van der Waals surface area contributed by atoms with Crippen LogP contribution in [-0.2, 0) is 4.74 Å². The highest BCUT2D eigenvalue weighted by Gasteiger charge is 2.22. The number of benzene rings is 1. The molecule has 0 saturated carbocycles. The topological polar surface area (TPSA) is 49.8 Å². The largest absolute Gasteiger partial charge is 0.478 e. The Bertz CT molecular complexity index is 405. The Labute approximate surface area is 101 Å². The highest BCUT2D eigenvalue weighted by Crippen LogP contribution is 2.23. The van der Waals surface area contributed by atoms with E-state index >= 15 is 0 Å². The predicted octanol–water partition coefficient (Wildman–Crippen LogP) is 2.00. The number of carboxylic acid groups (broad SMARTS) is 1. The van der Waals surface area contributed by atoms with Crippen LogP contribution in [0.3, 0.4) is 0 Å². The molecule has 1 fully saturated rings. The standard InChI is InChI=1S/C13H17NO3/c1-2-10-9-14(7-8-17-10)12-6-4-3-5-11(12)13(15)16/h3-6,10H,2,7-9H2,1H3,(H,15,16). The van der Waals surface area contributed by atoms with Crippen LogP contribution in [0.5, 0.6) is 0 Å². The Morgan fingerprint density at radius 3 is 3.00 bits per heavy atom. The molecule has 1 aromatic rings. The van der Waals surface area contributed by atoms with Crippen LogP contribution in [0.15, 0.2) is 24.3 Å². The van der Waals surface area contributed by atoms with Gasteiger partial charge < -0.3 is 14.7 Å². The number of para-hydroxylation sites is 1. The summed E-state index contributed by atoms with van der Waals surface area (Å²) in [6.07, 6.45) is 1.15. The molecule has 1 unspecified atom stereocenters. The van der Waals surface area contributed by atoms with Gasteiger partial charge >= 0.3 is 5.97 Å². The minimum atomic E-state index is -0.875. The minimum absolute atomic E-state index is 0.200. The maximum Gasteiger partial charge on any atom is 0.337 e. The number of aromatic carboxylic acids is 1. The van der Waals surface area contributed by atoms with Crippen molar-refractivity contribution in [2.75, 3.05) is 24.6 Å². The molecule has 0 bridgehead atoms. The molecule has 0 aromatic heterocycles. The van der Waals surface area contributed by atoms with E-state index in [1.807, 2.05) is 12.1 Å². The molecular weight excluding hydrogens is 218 g/mol. The van der Waals surface area contributed by atoms with Gasteiger partial charge in [-0.3, -0.25) is 0 Å². The van der Waals surface area contributed by atoms with Crippen molar-refractivity contribution in [1.29, 1.82) is 0 Å². The first-order valence-electron chi connectivity index (χ1n) is 5.91. The fourth-order valence-electron chi connectivity index (χ4n) is 2.12. The van der Waals surface area contributed by atoms with Gasteiger partial charge in [0.2, 0.25) is 0 Å². The third kappa shape index (κ3) is 2.58. The summed E-state index contributed by atoms with van der Waals surface area (Å²) in [6.45, 7) is 4.26. The summed E-state index contributed by atoms with van der Waals surface area (Å²) in [7, 11) is 0. The van der Waals surface area contributed by atoms with Crippen molar-refractivity contribution in [1.82, 2.24) is 0 Å². The van der Waals surface area contributed by atoms with Gasteiger partial charge in [-0.2, -0.15) is 0 Å². The van der Waals surface area contributed by atoms with Gasteiger partial charge in [0.25, 0.3) is 0 Å². The number of rotatable bonds is 3. The van der Waals surface area contributed by atoms with Gasteiger partial charge in [0.05, 0.1) is 24.0 Å². The van der Waals surface area contributed by atoms with Gasteiger partial charge in [-0.15, -0.1) is 0 Å². The number of morpholine rings is 1. The molecule has 1 heterocycles. The first-order chi connectivity index (χ1) is 8.22. The lowest BCUT2D eigenvalue weighted by molar-refractivity contribution is 0.0382. The van der Waals surface area contributed by atoms with Crippen LogP contribution in [0.2, 0.25) is 0 Å². The number of anilines is 1. The lowest BCUT2D eigenvalue weighted by Gasteiger charge is -2.34. The number of hydrogen-bond donors (Lipinski definition) is 1. The highest BCUT2D eigenvalue weighted by molar-refractivity contribution is 5.94. The smallest absolute Gasteiger partial charge is 0.337 e. The van der Waals surface area contributed by atoms with Crippen LogP contribution in [-0.4, -0.2) is 36.9 Å². The normalized spacial score (nSPS) is 20.3. The van der Waals surface area contributed by atoms with Gasteiger partial charge in [0, 0.05) is 13.1 Å². The molecule has 92 valence electrons. The van der Waals surface area contributed by atoms with Crippen molar-refractivity contribution >= 4 is 11.7 Å². The Balaban J connectivity index is 2.24. The van der Waals surface area contributed by atoms with Crippen molar-refractivity contribution in [3.63, 3.8) is 0 Å². The second kappa shape index (κ2) is 5.19. The zero-order valence-electron chi connectivity index (χ0n) is 9.93. The van der Waals surface area contributed by atoms with Crippen LogP contribution in [0.25, 0.3) is 0 Å². The summed E-state index contributed by atoms with van der Waals surface area (Å²) in [5, 5.41) is 9.16. The zero-order valence-corrected chi connectivity index (χ0v) is 9.93. The van der Waals surface area contributed by atoms with E-state index in [1.54, 1.807) is 12.1 Å². The average Bonchev–Trinajstić information content (AvgIpc) is 2.39. The first kappa shape index (κ1) is 11.9. The van der Waals surface area contributed by atoms with E-state index in [0.717, 1.165) is 25.2 Å².